The number of halogens is 2. The minimum atomic E-state index is -0.501. The molecule has 162 valence electrons. The number of carbonyl (C=O) groups is 1. The van der Waals surface area contributed by atoms with Gasteiger partial charge in [0.2, 0.25) is 5.90 Å². The molecule has 3 aromatic carbocycles. The van der Waals surface area contributed by atoms with Gasteiger partial charge in [-0.25, -0.2) is 9.79 Å². The quantitative estimate of drug-likeness (QED) is 0.285. The molecule has 0 radical (unpaired) electrons. The summed E-state index contributed by atoms with van der Waals surface area (Å²) in [4.78, 5) is 16.7. The summed E-state index contributed by atoms with van der Waals surface area (Å²) in [5, 5.41) is 0.670. The summed E-state index contributed by atoms with van der Waals surface area (Å²) >= 11 is 9.47. The molecule has 1 heterocycles. The molecule has 1 aliphatic rings. The first kappa shape index (κ1) is 22.1. The summed E-state index contributed by atoms with van der Waals surface area (Å²) in [6, 6.07) is 18.7. The zero-order chi connectivity index (χ0) is 22.7. The monoisotopic (exact) mass is 511 g/mol. The van der Waals surface area contributed by atoms with E-state index in [1.807, 2.05) is 61.5 Å². The van der Waals surface area contributed by atoms with Crippen LogP contribution < -0.4 is 9.47 Å². The van der Waals surface area contributed by atoms with E-state index >= 15 is 0 Å². The highest BCUT2D eigenvalue weighted by atomic mass is 79.9. The van der Waals surface area contributed by atoms with Gasteiger partial charge in [-0.1, -0.05) is 41.4 Å². The number of benzene rings is 3. The van der Waals surface area contributed by atoms with Gasteiger partial charge in [-0.2, -0.15) is 0 Å². The van der Waals surface area contributed by atoms with Crippen LogP contribution in [-0.2, 0) is 16.1 Å². The van der Waals surface area contributed by atoms with Crippen molar-refractivity contribution in [1.29, 1.82) is 0 Å². The summed E-state index contributed by atoms with van der Waals surface area (Å²) < 4.78 is 17.5. The number of ether oxygens (including phenoxy) is 3. The Morgan fingerprint density at radius 2 is 1.81 bits per heavy atom. The van der Waals surface area contributed by atoms with E-state index in [9.17, 15) is 4.79 Å². The predicted molar refractivity (Wildman–Crippen MR) is 128 cm³/mol. The van der Waals surface area contributed by atoms with E-state index in [1.165, 1.54) is 0 Å². The van der Waals surface area contributed by atoms with Gasteiger partial charge in [-0.15, -0.1) is 0 Å². The molecule has 0 N–H and O–H groups in total. The summed E-state index contributed by atoms with van der Waals surface area (Å²) in [5.74, 6) is 0.866. The van der Waals surface area contributed by atoms with Crippen LogP contribution >= 0.6 is 27.5 Å². The number of cyclic esters (lactones) is 1. The summed E-state index contributed by atoms with van der Waals surface area (Å²) in [7, 11) is 1.56. The molecule has 0 saturated heterocycles. The lowest BCUT2D eigenvalue weighted by molar-refractivity contribution is -0.129. The maximum Gasteiger partial charge on any atom is 0.363 e. The van der Waals surface area contributed by atoms with Gasteiger partial charge in [0.15, 0.2) is 17.2 Å². The molecule has 5 nitrogen and oxygen atoms in total. The Balaban J connectivity index is 1.58. The summed E-state index contributed by atoms with van der Waals surface area (Å²) in [5.41, 5.74) is 3.76. The number of aliphatic imine (C=N–C) groups is 1. The van der Waals surface area contributed by atoms with Gasteiger partial charge in [-0.3, -0.25) is 0 Å². The Morgan fingerprint density at radius 1 is 1.09 bits per heavy atom. The molecular weight excluding hydrogens is 494 g/mol. The molecule has 32 heavy (non-hydrogen) atoms. The van der Waals surface area contributed by atoms with Crippen LogP contribution in [0.3, 0.4) is 0 Å². The van der Waals surface area contributed by atoms with Crippen LogP contribution in [0.15, 0.2) is 75.8 Å². The predicted octanol–water partition coefficient (Wildman–Crippen LogP) is 6.34. The maximum atomic E-state index is 12.3. The lowest BCUT2D eigenvalue weighted by Gasteiger charge is -2.14. The SMILES string of the molecule is COc1cc(/C=C2\N=C(c3ccc(C)cc3)OC2=O)cc(Br)c1OCc1ccc(Cl)cc1. The fourth-order valence-corrected chi connectivity index (χ4v) is 3.79. The van der Waals surface area contributed by atoms with Gasteiger partial charge in [0, 0.05) is 10.6 Å². The zero-order valence-electron chi connectivity index (χ0n) is 17.4. The number of rotatable bonds is 6. The minimum absolute atomic E-state index is 0.212. The van der Waals surface area contributed by atoms with Gasteiger partial charge in [-0.05, 0) is 76.5 Å². The van der Waals surface area contributed by atoms with Crippen LogP contribution in [0.4, 0.5) is 0 Å². The molecule has 7 heteroatoms. The number of aryl methyl sites for hydroxylation is 1. The van der Waals surface area contributed by atoms with Crippen molar-refractivity contribution in [2.45, 2.75) is 13.5 Å². The van der Waals surface area contributed by atoms with E-state index in [0.29, 0.717) is 33.2 Å². The van der Waals surface area contributed by atoms with E-state index in [2.05, 4.69) is 20.9 Å². The molecule has 0 fully saturated rings. The number of carbonyl (C=O) groups excluding carboxylic acids is 1. The Bertz CT molecular complexity index is 1220. The molecule has 0 bridgehead atoms. The Morgan fingerprint density at radius 3 is 2.50 bits per heavy atom. The molecule has 0 aliphatic carbocycles. The average Bonchev–Trinajstić information content (AvgIpc) is 3.14. The van der Waals surface area contributed by atoms with Crippen LogP contribution in [0.5, 0.6) is 11.5 Å². The highest BCUT2D eigenvalue weighted by Gasteiger charge is 2.24. The largest absolute Gasteiger partial charge is 0.493 e. The summed E-state index contributed by atoms with van der Waals surface area (Å²) in [6.45, 7) is 2.34. The topological polar surface area (TPSA) is 57.1 Å². The molecule has 0 amide bonds. The lowest BCUT2D eigenvalue weighted by Crippen LogP contribution is -2.05. The van der Waals surface area contributed by atoms with Gasteiger partial charge < -0.3 is 14.2 Å². The van der Waals surface area contributed by atoms with Crippen molar-refractivity contribution >= 4 is 45.5 Å². The van der Waals surface area contributed by atoms with Crippen molar-refractivity contribution in [3.63, 3.8) is 0 Å². The first-order valence-corrected chi connectivity index (χ1v) is 10.9. The molecule has 0 spiro atoms. The van der Waals surface area contributed by atoms with Crippen LogP contribution in [0.25, 0.3) is 6.08 Å². The second kappa shape index (κ2) is 9.59. The third kappa shape index (κ3) is 5.03. The third-order valence-corrected chi connectivity index (χ3v) is 5.61. The molecule has 3 aromatic rings. The van der Waals surface area contributed by atoms with E-state index in [4.69, 9.17) is 25.8 Å². The summed E-state index contributed by atoms with van der Waals surface area (Å²) in [6.07, 6.45) is 1.65. The number of nitrogens with zero attached hydrogens (tertiary/aromatic N) is 1. The molecular formula is C25H19BrClNO4. The van der Waals surface area contributed by atoms with Gasteiger partial charge in [0.25, 0.3) is 0 Å². The smallest absolute Gasteiger partial charge is 0.363 e. The van der Waals surface area contributed by atoms with Crippen LogP contribution in [0.2, 0.25) is 5.02 Å². The Kier molecular flexibility index (Phi) is 6.63. The molecule has 0 saturated carbocycles. The number of esters is 1. The van der Waals surface area contributed by atoms with Crippen molar-refractivity contribution in [3.05, 3.63) is 98.1 Å². The van der Waals surface area contributed by atoms with Gasteiger partial charge in [0.1, 0.15) is 6.61 Å². The third-order valence-electron chi connectivity index (χ3n) is 4.77. The highest BCUT2D eigenvalue weighted by Crippen LogP contribution is 2.38. The average molecular weight is 513 g/mol. The van der Waals surface area contributed by atoms with Crippen LogP contribution in [-0.4, -0.2) is 19.0 Å². The van der Waals surface area contributed by atoms with Crippen molar-refractivity contribution < 1.29 is 19.0 Å². The zero-order valence-corrected chi connectivity index (χ0v) is 19.7. The molecule has 0 atom stereocenters. The fourth-order valence-electron chi connectivity index (χ4n) is 3.09. The Hall–Kier alpha value is -3.09. The first-order valence-electron chi connectivity index (χ1n) is 9.77. The molecule has 4 rings (SSSR count). The number of methoxy groups -OCH3 is 1. The van der Waals surface area contributed by atoms with E-state index in [0.717, 1.165) is 16.7 Å². The van der Waals surface area contributed by atoms with Crippen LogP contribution in [0.1, 0.15) is 22.3 Å². The van der Waals surface area contributed by atoms with Crippen molar-refractivity contribution in [3.8, 4) is 11.5 Å². The second-order valence-corrected chi connectivity index (χ2v) is 8.44. The molecule has 0 aromatic heterocycles. The van der Waals surface area contributed by atoms with Crippen molar-refractivity contribution in [1.82, 2.24) is 0 Å². The maximum absolute atomic E-state index is 12.3. The highest BCUT2D eigenvalue weighted by molar-refractivity contribution is 9.10. The lowest BCUT2D eigenvalue weighted by atomic mass is 10.1. The van der Waals surface area contributed by atoms with Crippen molar-refractivity contribution in [2.75, 3.05) is 7.11 Å². The van der Waals surface area contributed by atoms with E-state index in [-0.39, 0.29) is 11.6 Å². The normalized spacial score (nSPS) is 14.3. The number of hydrogen-bond acceptors (Lipinski definition) is 5. The molecule has 0 unspecified atom stereocenters. The number of hydrogen-bond donors (Lipinski definition) is 0. The van der Waals surface area contributed by atoms with Crippen molar-refractivity contribution in [2.24, 2.45) is 4.99 Å². The van der Waals surface area contributed by atoms with E-state index in [1.54, 1.807) is 19.3 Å². The van der Waals surface area contributed by atoms with E-state index < -0.39 is 5.97 Å². The standard InChI is InChI=1S/C25H19BrClNO4/c1-15-3-7-18(8-4-15)24-28-21(25(29)32-24)12-17-11-20(26)23(22(13-17)30-2)31-14-16-5-9-19(27)10-6-16/h3-13H,14H2,1-2H3/b21-12-. The van der Waals surface area contributed by atoms with Gasteiger partial charge >= 0.3 is 5.97 Å². The minimum Gasteiger partial charge on any atom is -0.493 e. The second-order valence-electron chi connectivity index (χ2n) is 7.15. The van der Waals surface area contributed by atoms with Gasteiger partial charge in [0.05, 0.1) is 11.6 Å². The van der Waals surface area contributed by atoms with Crippen LogP contribution in [0, 0.1) is 6.92 Å². The fraction of sp³-hybridized carbons (Fsp3) is 0.120. The Labute approximate surface area is 199 Å². The molecule has 1 aliphatic heterocycles. The first-order chi connectivity index (χ1) is 15.4.